The lowest BCUT2D eigenvalue weighted by Gasteiger charge is -1.84. The zero-order valence-corrected chi connectivity index (χ0v) is 10.5. The highest BCUT2D eigenvalue weighted by Gasteiger charge is 1.71. The van der Waals surface area contributed by atoms with Crippen LogP contribution in [0.4, 0.5) is 0 Å². The number of methoxy groups -OCH3 is 1. The van der Waals surface area contributed by atoms with Crippen molar-refractivity contribution in [3.63, 3.8) is 0 Å². The van der Waals surface area contributed by atoms with Gasteiger partial charge in [0.05, 0.1) is 0 Å². The minimum Gasteiger partial charge on any atom is -0.385 e. The first-order chi connectivity index (χ1) is 7.22. The number of terminal acetylenes is 1. The van der Waals surface area contributed by atoms with Crippen molar-refractivity contribution in [2.45, 2.75) is 27.2 Å². The molecule has 0 aromatic heterocycles. The van der Waals surface area contributed by atoms with Gasteiger partial charge in [0.25, 0.3) is 0 Å². The highest BCUT2D eigenvalue weighted by atomic mass is 16.5. The van der Waals surface area contributed by atoms with Crippen molar-refractivity contribution < 1.29 is 4.74 Å². The van der Waals surface area contributed by atoms with E-state index in [0.717, 1.165) is 13.0 Å². The van der Waals surface area contributed by atoms with Gasteiger partial charge in [-0.05, 0) is 20.3 Å². The van der Waals surface area contributed by atoms with Crippen LogP contribution in [0.2, 0.25) is 0 Å². The average molecular weight is 208 g/mol. The smallest absolute Gasteiger partial charge is 0.0459 e. The van der Waals surface area contributed by atoms with Crippen molar-refractivity contribution in [2.75, 3.05) is 13.7 Å². The normalized spacial score (nSPS) is 9.60. The van der Waals surface area contributed by atoms with E-state index < -0.39 is 0 Å². The number of rotatable bonds is 4. The predicted octanol–water partition coefficient (Wildman–Crippen LogP) is 3.99. The lowest BCUT2D eigenvalue weighted by atomic mass is 10.2. The minimum absolute atomic E-state index is 0.889. The second kappa shape index (κ2) is 23.0. The first kappa shape index (κ1) is 19.3. The van der Waals surface area contributed by atoms with Gasteiger partial charge >= 0.3 is 0 Å². The third-order valence-corrected chi connectivity index (χ3v) is 1.22. The van der Waals surface area contributed by atoms with Crippen LogP contribution in [0.15, 0.2) is 36.5 Å². The fourth-order valence-corrected chi connectivity index (χ4v) is 0.708. The zero-order chi connectivity index (χ0) is 12.5. The van der Waals surface area contributed by atoms with Crippen molar-refractivity contribution in [1.82, 2.24) is 0 Å². The Morgan fingerprint density at radius 2 is 1.93 bits per heavy atom. The van der Waals surface area contributed by atoms with E-state index in [1.165, 1.54) is 5.57 Å². The fraction of sp³-hybridized carbons (Fsp3) is 0.429. The van der Waals surface area contributed by atoms with Crippen LogP contribution in [0.3, 0.4) is 0 Å². The van der Waals surface area contributed by atoms with E-state index in [0.29, 0.717) is 0 Å². The molecular weight excluding hydrogens is 184 g/mol. The van der Waals surface area contributed by atoms with Gasteiger partial charge in [-0.2, -0.15) is 0 Å². The Morgan fingerprint density at radius 1 is 1.40 bits per heavy atom. The van der Waals surface area contributed by atoms with Gasteiger partial charge < -0.3 is 4.74 Å². The SMILES string of the molecule is C#C.C=C/C=C(C)\C=C/C.CCCOC. The lowest BCUT2D eigenvalue weighted by molar-refractivity contribution is 0.199. The molecule has 15 heavy (non-hydrogen) atoms. The highest BCUT2D eigenvalue weighted by Crippen LogP contribution is 1.92. The van der Waals surface area contributed by atoms with Crippen LogP contribution in [0.25, 0.3) is 0 Å². The molecule has 0 radical (unpaired) electrons. The summed E-state index contributed by atoms with van der Waals surface area (Å²) >= 11 is 0. The Morgan fingerprint density at radius 3 is 2.13 bits per heavy atom. The summed E-state index contributed by atoms with van der Waals surface area (Å²) < 4.78 is 4.69. The van der Waals surface area contributed by atoms with Gasteiger partial charge in [0, 0.05) is 13.7 Å². The monoisotopic (exact) mass is 208 g/mol. The topological polar surface area (TPSA) is 9.23 Å². The van der Waals surface area contributed by atoms with Gasteiger partial charge in [-0.3, -0.25) is 0 Å². The van der Waals surface area contributed by atoms with Crippen molar-refractivity contribution in [2.24, 2.45) is 0 Å². The molecule has 0 atom stereocenters. The maximum atomic E-state index is 4.69. The molecule has 0 heterocycles. The van der Waals surface area contributed by atoms with E-state index in [1.807, 2.05) is 32.1 Å². The third-order valence-electron chi connectivity index (χ3n) is 1.22. The zero-order valence-electron chi connectivity index (χ0n) is 10.5. The Hall–Kier alpha value is -1.26. The molecule has 0 aliphatic rings. The van der Waals surface area contributed by atoms with Crippen molar-refractivity contribution in [3.8, 4) is 12.8 Å². The average Bonchev–Trinajstić information content (AvgIpc) is 2.24. The van der Waals surface area contributed by atoms with Crippen LogP contribution in [0.1, 0.15) is 27.2 Å². The summed E-state index contributed by atoms with van der Waals surface area (Å²) in [5, 5.41) is 0. The summed E-state index contributed by atoms with van der Waals surface area (Å²) in [6.07, 6.45) is 16.9. The molecule has 0 fully saturated rings. The van der Waals surface area contributed by atoms with Crippen molar-refractivity contribution in [1.29, 1.82) is 0 Å². The number of hydrogen-bond acceptors (Lipinski definition) is 1. The van der Waals surface area contributed by atoms with Gasteiger partial charge in [0.15, 0.2) is 0 Å². The molecule has 86 valence electrons. The minimum atomic E-state index is 0.889. The summed E-state index contributed by atoms with van der Waals surface area (Å²) in [5.41, 5.74) is 1.24. The summed E-state index contributed by atoms with van der Waals surface area (Å²) in [7, 11) is 1.71. The molecule has 0 saturated heterocycles. The summed E-state index contributed by atoms with van der Waals surface area (Å²) in [6, 6.07) is 0. The fourth-order valence-electron chi connectivity index (χ4n) is 0.708. The Labute approximate surface area is 95.5 Å². The second-order valence-corrected chi connectivity index (χ2v) is 2.64. The summed E-state index contributed by atoms with van der Waals surface area (Å²) in [6.45, 7) is 10.6. The molecule has 0 aliphatic carbocycles. The molecule has 1 nitrogen and oxygen atoms in total. The Kier molecular flexibility index (Phi) is 29.6. The molecule has 0 unspecified atom stereocenters. The van der Waals surface area contributed by atoms with Gasteiger partial charge in [-0.1, -0.05) is 43.4 Å². The van der Waals surface area contributed by atoms with Crippen LogP contribution in [-0.2, 0) is 4.74 Å². The van der Waals surface area contributed by atoms with E-state index in [4.69, 9.17) is 4.74 Å². The number of ether oxygens (including phenoxy) is 1. The molecule has 0 N–H and O–H groups in total. The van der Waals surface area contributed by atoms with Crippen LogP contribution in [-0.4, -0.2) is 13.7 Å². The molecule has 1 heteroatoms. The van der Waals surface area contributed by atoms with E-state index >= 15 is 0 Å². The lowest BCUT2D eigenvalue weighted by Crippen LogP contribution is -1.80. The molecule has 0 rings (SSSR count). The maximum Gasteiger partial charge on any atom is 0.0459 e. The molecule has 0 bridgehead atoms. The Balaban J connectivity index is -0.000000177. The first-order valence-corrected chi connectivity index (χ1v) is 4.97. The van der Waals surface area contributed by atoms with Gasteiger partial charge in [-0.15, -0.1) is 12.8 Å². The summed E-state index contributed by atoms with van der Waals surface area (Å²) in [5.74, 6) is 0. The quantitative estimate of drug-likeness (QED) is 0.501. The maximum absolute atomic E-state index is 4.69. The molecule has 0 amide bonds. The van der Waals surface area contributed by atoms with Crippen LogP contribution >= 0.6 is 0 Å². The molecule has 0 aromatic carbocycles. The standard InChI is InChI=1S/C8H12.C4H10O.C2H2/c1-4-6-8(3)7-5-2;1-3-4-5-2;1-2/h4-7H,1H2,2-3H3;3-4H2,1-2H3;1-2H/b7-5-,8-6-;;. The van der Waals surface area contributed by atoms with Crippen LogP contribution in [0, 0.1) is 12.8 Å². The van der Waals surface area contributed by atoms with E-state index in [9.17, 15) is 0 Å². The third kappa shape index (κ3) is 32.3. The first-order valence-electron chi connectivity index (χ1n) is 4.97. The molecule has 0 aliphatic heterocycles. The number of hydrogen-bond donors (Lipinski definition) is 0. The van der Waals surface area contributed by atoms with E-state index in [-0.39, 0.29) is 0 Å². The van der Waals surface area contributed by atoms with Crippen LogP contribution in [0.5, 0.6) is 0 Å². The van der Waals surface area contributed by atoms with Gasteiger partial charge in [0.1, 0.15) is 0 Å². The second-order valence-electron chi connectivity index (χ2n) is 2.64. The van der Waals surface area contributed by atoms with E-state index in [1.54, 1.807) is 13.2 Å². The Bertz CT molecular complexity index is 183. The van der Waals surface area contributed by atoms with Crippen molar-refractivity contribution in [3.05, 3.63) is 36.5 Å². The largest absolute Gasteiger partial charge is 0.385 e. The van der Waals surface area contributed by atoms with Crippen LogP contribution < -0.4 is 0 Å². The highest BCUT2D eigenvalue weighted by molar-refractivity contribution is 5.19. The van der Waals surface area contributed by atoms with Crippen molar-refractivity contribution >= 4 is 0 Å². The molecule has 0 aromatic rings. The van der Waals surface area contributed by atoms with Gasteiger partial charge in [-0.25, -0.2) is 0 Å². The summed E-state index contributed by atoms with van der Waals surface area (Å²) in [4.78, 5) is 0. The molecule has 0 spiro atoms. The van der Waals surface area contributed by atoms with E-state index in [2.05, 4.69) is 26.3 Å². The predicted molar refractivity (Wildman–Crippen MR) is 70.8 cm³/mol. The van der Waals surface area contributed by atoms with Gasteiger partial charge in [0.2, 0.25) is 0 Å². The number of allylic oxidation sites excluding steroid dienone is 5. The molecular formula is C14H24O. The molecule has 0 saturated carbocycles.